The number of rotatable bonds is 2. The van der Waals surface area contributed by atoms with Crippen LogP contribution >= 0.6 is 22.7 Å². The van der Waals surface area contributed by atoms with Gasteiger partial charge in [-0.2, -0.15) is 0 Å². The third-order valence-electron chi connectivity index (χ3n) is 4.93. The minimum Gasteiger partial charge on any atom is -0.352 e. The van der Waals surface area contributed by atoms with Gasteiger partial charge in [-0.3, -0.25) is 0 Å². The molecule has 0 unspecified atom stereocenters. The summed E-state index contributed by atoms with van der Waals surface area (Å²) in [6.07, 6.45) is 5.57. The van der Waals surface area contributed by atoms with Crippen molar-refractivity contribution in [2.45, 2.75) is 26.2 Å². The van der Waals surface area contributed by atoms with Crippen molar-refractivity contribution in [1.29, 1.82) is 0 Å². The van der Waals surface area contributed by atoms with Crippen LogP contribution in [-0.2, 0) is 12.8 Å². The van der Waals surface area contributed by atoms with Crippen LogP contribution in [-0.4, -0.2) is 41.1 Å². The van der Waals surface area contributed by atoms with Gasteiger partial charge in [0.15, 0.2) is 5.13 Å². The van der Waals surface area contributed by atoms with Crippen LogP contribution in [0.25, 0.3) is 10.2 Å². The van der Waals surface area contributed by atoms with E-state index in [2.05, 4.69) is 14.8 Å². The highest BCUT2D eigenvalue weighted by atomic mass is 32.1. The van der Waals surface area contributed by atoms with Crippen molar-refractivity contribution in [3.63, 3.8) is 0 Å². The van der Waals surface area contributed by atoms with E-state index < -0.39 is 0 Å². The van der Waals surface area contributed by atoms with E-state index in [1.165, 1.54) is 39.9 Å². The van der Waals surface area contributed by atoms with E-state index in [1.54, 1.807) is 11.3 Å². The summed E-state index contributed by atoms with van der Waals surface area (Å²) in [6.45, 7) is 6.01. The Hall–Kier alpha value is -1.73. The molecule has 1 aliphatic carbocycles. The Labute approximate surface area is 149 Å². The Bertz CT molecular complexity index is 878. The number of anilines is 2. The summed E-state index contributed by atoms with van der Waals surface area (Å²) in [4.78, 5) is 21.6. The van der Waals surface area contributed by atoms with Gasteiger partial charge in [0.2, 0.25) is 0 Å². The summed E-state index contributed by atoms with van der Waals surface area (Å²) in [5, 5.41) is 4.52. The maximum atomic E-state index is 4.85. The maximum absolute atomic E-state index is 4.85. The van der Waals surface area contributed by atoms with Gasteiger partial charge in [-0.25, -0.2) is 15.0 Å². The van der Waals surface area contributed by atoms with Gasteiger partial charge in [0.05, 0.1) is 5.39 Å². The fourth-order valence-electron chi connectivity index (χ4n) is 3.79. The van der Waals surface area contributed by atoms with Gasteiger partial charge in [0, 0.05) is 42.6 Å². The molecule has 1 aliphatic heterocycles. The van der Waals surface area contributed by atoms with Crippen molar-refractivity contribution in [3.8, 4) is 0 Å². The fraction of sp³-hybridized carbons (Fsp3) is 0.471. The van der Waals surface area contributed by atoms with Crippen molar-refractivity contribution in [1.82, 2.24) is 15.0 Å². The predicted molar refractivity (Wildman–Crippen MR) is 101 cm³/mol. The standard InChI is InChI=1S/C17H19N5S2/c1-11-19-15(14-12-3-2-4-13(12)24-16(14)20-11)21-6-8-22(9-7-21)17-18-5-10-23-17/h5,10H,2-4,6-9H2,1H3. The molecule has 4 heterocycles. The highest BCUT2D eigenvalue weighted by Crippen LogP contribution is 2.40. The van der Waals surface area contributed by atoms with Gasteiger partial charge in [0.1, 0.15) is 16.5 Å². The number of thiophene rings is 1. The van der Waals surface area contributed by atoms with Gasteiger partial charge >= 0.3 is 0 Å². The van der Waals surface area contributed by atoms with Crippen LogP contribution < -0.4 is 9.80 Å². The molecule has 5 nitrogen and oxygen atoms in total. The van der Waals surface area contributed by atoms with Crippen molar-refractivity contribution in [2.24, 2.45) is 0 Å². The van der Waals surface area contributed by atoms with Crippen LogP contribution in [0.3, 0.4) is 0 Å². The topological polar surface area (TPSA) is 45.2 Å². The highest BCUT2D eigenvalue weighted by molar-refractivity contribution is 7.19. The molecule has 0 bridgehead atoms. The third-order valence-corrected chi connectivity index (χ3v) is 6.94. The van der Waals surface area contributed by atoms with Gasteiger partial charge < -0.3 is 9.80 Å². The fourth-order valence-corrected chi connectivity index (χ4v) is 5.79. The molecule has 0 spiro atoms. The lowest BCUT2D eigenvalue weighted by Crippen LogP contribution is -2.47. The van der Waals surface area contributed by atoms with Gasteiger partial charge in [0.25, 0.3) is 0 Å². The molecule has 1 fully saturated rings. The van der Waals surface area contributed by atoms with E-state index in [4.69, 9.17) is 9.97 Å². The average Bonchev–Trinajstić information content (AvgIpc) is 3.31. The predicted octanol–water partition coefficient (Wildman–Crippen LogP) is 3.27. The number of aromatic nitrogens is 3. The summed E-state index contributed by atoms with van der Waals surface area (Å²) in [6, 6.07) is 0. The van der Waals surface area contributed by atoms with Crippen molar-refractivity contribution < 1.29 is 0 Å². The largest absolute Gasteiger partial charge is 0.352 e. The molecular weight excluding hydrogens is 338 g/mol. The maximum Gasteiger partial charge on any atom is 0.185 e. The molecule has 0 atom stereocenters. The second-order valence-corrected chi connectivity index (χ2v) is 8.38. The zero-order valence-electron chi connectivity index (χ0n) is 13.7. The molecule has 124 valence electrons. The molecule has 2 aliphatic rings. The number of nitrogens with zero attached hydrogens (tertiary/aromatic N) is 5. The number of piperazine rings is 1. The first-order valence-corrected chi connectivity index (χ1v) is 10.2. The van der Waals surface area contributed by atoms with Crippen LogP contribution in [0.5, 0.6) is 0 Å². The number of aryl methyl sites for hydroxylation is 3. The highest BCUT2D eigenvalue weighted by Gasteiger charge is 2.26. The Morgan fingerprint density at radius 2 is 1.88 bits per heavy atom. The number of thiazole rings is 1. The van der Waals surface area contributed by atoms with Gasteiger partial charge in [-0.15, -0.1) is 22.7 Å². The molecule has 0 N–H and O–H groups in total. The summed E-state index contributed by atoms with van der Waals surface area (Å²) in [5.41, 5.74) is 1.52. The lowest BCUT2D eigenvalue weighted by Gasteiger charge is -2.35. The van der Waals surface area contributed by atoms with Crippen LogP contribution in [0.1, 0.15) is 22.7 Å². The molecule has 5 rings (SSSR count). The Morgan fingerprint density at radius 1 is 1.04 bits per heavy atom. The Balaban J connectivity index is 1.49. The number of hydrogen-bond donors (Lipinski definition) is 0. The van der Waals surface area contributed by atoms with Gasteiger partial charge in [-0.1, -0.05) is 0 Å². The first-order chi connectivity index (χ1) is 11.8. The van der Waals surface area contributed by atoms with E-state index in [9.17, 15) is 0 Å². The van der Waals surface area contributed by atoms with Gasteiger partial charge in [-0.05, 0) is 31.7 Å². The minimum absolute atomic E-state index is 0.889. The molecule has 7 heteroatoms. The lowest BCUT2D eigenvalue weighted by atomic mass is 10.1. The smallest absolute Gasteiger partial charge is 0.185 e. The molecular formula is C17H19N5S2. The number of fused-ring (bicyclic) bond motifs is 3. The van der Waals surface area contributed by atoms with Crippen LogP contribution in [0.15, 0.2) is 11.6 Å². The summed E-state index contributed by atoms with van der Waals surface area (Å²) < 4.78 is 0. The van der Waals surface area contributed by atoms with E-state index >= 15 is 0 Å². The number of hydrogen-bond acceptors (Lipinski definition) is 7. The monoisotopic (exact) mass is 357 g/mol. The van der Waals surface area contributed by atoms with E-state index in [0.717, 1.165) is 43.0 Å². The van der Waals surface area contributed by atoms with Crippen LogP contribution in [0.2, 0.25) is 0 Å². The molecule has 1 saturated heterocycles. The molecule has 0 saturated carbocycles. The van der Waals surface area contributed by atoms with Crippen LogP contribution in [0, 0.1) is 6.92 Å². The summed E-state index contributed by atoms with van der Waals surface area (Å²) in [5.74, 6) is 2.05. The SMILES string of the molecule is Cc1nc(N2CCN(c3nccs3)CC2)c2c3c(sc2n1)CCC3. The second kappa shape index (κ2) is 5.67. The molecule has 0 amide bonds. The minimum atomic E-state index is 0.889. The Kier molecular flexibility index (Phi) is 3.45. The first kappa shape index (κ1) is 14.6. The molecule has 24 heavy (non-hydrogen) atoms. The average molecular weight is 358 g/mol. The quantitative estimate of drug-likeness (QED) is 0.704. The lowest BCUT2D eigenvalue weighted by molar-refractivity contribution is 0.646. The van der Waals surface area contributed by atoms with Crippen LogP contribution in [0.4, 0.5) is 10.9 Å². The summed E-state index contributed by atoms with van der Waals surface area (Å²) in [7, 11) is 0. The molecule has 0 aromatic carbocycles. The Morgan fingerprint density at radius 3 is 2.67 bits per heavy atom. The normalized spacial score (nSPS) is 17.7. The third kappa shape index (κ3) is 2.29. The van der Waals surface area contributed by atoms with Crippen molar-refractivity contribution >= 4 is 43.8 Å². The molecule has 3 aromatic rings. The zero-order valence-corrected chi connectivity index (χ0v) is 15.3. The van der Waals surface area contributed by atoms with E-state index in [1.807, 2.05) is 29.8 Å². The van der Waals surface area contributed by atoms with E-state index in [0.29, 0.717) is 0 Å². The zero-order chi connectivity index (χ0) is 16.1. The van der Waals surface area contributed by atoms with Crippen molar-refractivity contribution in [3.05, 3.63) is 27.8 Å². The van der Waals surface area contributed by atoms with E-state index in [-0.39, 0.29) is 0 Å². The second-order valence-electron chi connectivity index (χ2n) is 6.42. The molecule has 0 radical (unpaired) electrons. The summed E-state index contributed by atoms with van der Waals surface area (Å²) >= 11 is 3.60. The molecule has 3 aromatic heterocycles. The first-order valence-electron chi connectivity index (χ1n) is 8.48. The van der Waals surface area contributed by atoms with Crippen molar-refractivity contribution in [2.75, 3.05) is 36.0 Å².